The van der Waals surface area contributed by atoms with Crippen LogP contribution in [0.5, 0.6) is 5.88 Å². The van der Waals surface area contributed by atoms with Gasteiger partial charge in [0.05, 0.1) is 7.11 Å². The second-order valence-electron chi connectivity index (χ2n) is 4.63. The van der Waals surface area contributed by atoms with Crippen molar-refractivity contribution in [1.82, 2.24) is 14.9 Å². The summed E-state index contributed by atoms with van der Waals surface area (Å²) >= 11 is 0. The van der Waals surface area contributed by atoms with Crippen molar-refractivity contribution in [3.63, 3.8) is 0 Å². The largest absolute Gasteiger partial charge is 0.481 e. The van der Waals surface area contributed by atoms with Crippen LogP contribution < -0.4 is 10.1 Å². The van der Waals surface area contributed by atoms with Crippen LogP contribution in [0.1, 0.15) is 26.7 Å². The van der Waals surface area contributed by atoms with E-state index in [1.807, 2.05) is 0 Å². The fourth-order valence-electron chi connectivity index (χ4n) is 1.49. The third-order valence-corrected chi connectivity index (χ3v) is 2.94. The second-order valence-corrected chi connectivity index (χ2v) is 4.63. The fourth-order valence-corrected chi connectivity index (χ4v) is 1.49. The molecular formula is C13H24N4O. The van der Waals surface area contributed by atoms with Gasteiger partial charge in [0.2, 0.25) is 11.8 Å². The lowest BCUT2D eigenvalue weighted by molar-refractivity contribution is 0.269. The number of unbranched alkanes of at least 4 members (excludes halogenated alkanes) is 1. The lowest BCUT2D eigenvalue weighted by Gasteiger charge is -2.20. The number of aromatic nitrogens is 2. The molecule has 1 aromatic rings. The average Bonchev–Trinajstić information content (AvgIpc) is 2.38. The molecular weight excluding hydrogens is 228 g/mol. The molecule has 0 aliphatic heterocycles. The Morgan fingerprint density at radius 3 is 2.83 bits per heavy atom. The van der Waals surface area contributed by atoms with E-state index in [-0.39, 0.29) is 0 Å². The van der Waals surface area contributed by atoms with Gasteiger partial charge in [-0.05, 0) is 40.3 Å². The van der Waals surface area contributed by atoms with E-state index in [0.717, 1.165) is 19.5 Å². The molecule has 102 valence electrons. The van der Waals surface area contributed by atoms with Crippen LogP contribution in [0.25, 0.3) is 0 Å². The Morgan fingerprint density at radius 1 is 1.39 bits per heavy atom. The summed E-state index contributed by atoms with van der Waals surface area (Å²) in [4.78, 5) is 10.7. The van der Waals surface area contributed by atoms with Crippen LogP contribution in [0, 0.1) is 0 Å². The first-order chi connectivity index (χ1) is 8.63. The molecule has 0 aromatic carbocycles. The van der Waals surface area contributed by atoms with Gasteiger partial charge in [-0.3, -0.25) is 0 Å². The van der Waals surface area contributed by atoms with Crippen LogP contribution in [0.3, 0.4) is 0 Å². The predicted octanol–water partition coefficient (Wildman–Crippen LogP) is 2.02. The van der Waals surface area contributed by atoms with Gasteiger partial charge in [-0.1, -0.05) is 0 Å². The van der Waals surface area contributed by atoms with Gasteiger partial charge in [0.1, 0.15) is 0 Å². The SMILES string of the molecule is COc1ccnc(NCCCCN(C)C(C)C)n1. The highest BCUT2D eigenvalue weighted by Crippen LogP contribution is 2.07. The highest BCUT2D eigenvalue weighted by molar-refractivity contribution is 5.26. The molecule has 1 aromatic heterocycles. The van der Waals surface area contributed by atoms with Gasteiger partial charge in [0.25, 0.3) is 0 Å². The van der Waals surface area contributed by atoms with Crippen molar-refractivity contribution in [3.05, 3.63) is 12.3 Å². The van der Waals surface area contributed by atoms with Crippen molar-refractivity contribution in [3.8, 4) is 5.88 Å². The van der Waals surface area contributed by atoms with Gasteiger partial charge in [-0.15, -0.1) is 0 Å². The number of hydrogen-bond donors (Lipinski definition) is 1. The second kappa shape index (κ2) is 7.87. The molecule has 0 aliphatic carbocycles. The molecule has 5 nitrogen and oxygen atoms in total. The van der Waals surface area contributed by atoms with Gasteiger partial charge in [0.15, 0.2) is 0 Å². The molecule has 0 amide bonds. The van der Waals surface area contributed by atoms with E-state index in [0.29, 0.717) is 17.9 Å². The Kier molecular flexibility index (Phi) is 6.43. The van der Waals surface area contributed by atoms with Crippen molar-refractivity contribution in [1.29, 1.82) is 0 Å². The minimum absolute atomic E-state index is 0.590. The molecule has 0 fully saturated rings. The van der Waals surface area contributed by atoms with Crippen molar-refractivity contribution in [2.45, 2.75) is 32.7 Å². The maximum Gasteiger partial charge on any atom is 0.225 e. The number of nitrogens with zero attached hydrogens (tertiary/aromatic N) is 3. The monoisotopic (exact) mass is 252 g/mol. The smallest absolute Gasteiger partial charge is 0.225 e. The average molecular weight is 252 g/mol. The molecule has 1 rings (SSSR count). The molecule has 0 bridgehead atoms. The van der Waals surface area contributed by atoms with Crippen LogP contribution in [0.2, 0.25) is 0 Å². The Bertz CT molecular complexity index is 344. The summed E-state index contributed by atoms with van der Waals surface area (Å²) in [6.07, 6.45) is 3.98. The van der Waals surface area contributed by atoms with Crippen LogP contribution in [0.15, 0.2) is 12.3 Å². The highest BCUT2D eigenvalue weighted by atomic mass is 16.5. The van der Waals surface area contributed by atoms with E-state index in [1.54, 1.807) is 19.4 Å². The first-order valence-corrected chi connectivity index (χ1v) is 6.44. The van der Waals surface area contributed by atoms with Crippen molar-refractivity contribution >= 4 is 5.95 Å². The molecule has 1 N–H and O–H groups in total. The summed E-state index contributed by atoms with van der Waals surface area (Å²) in [5, 5.41) is 3.20. The third kappa shape index (κ3) is 5.31. The van der Waals surface area contributed by atoms with E-state index in [2.05, 4.69) is 41.1 Å². The zero-order chi connectivity index (χ0) is 13.4. The van der Waals surface area contributed by atoms with Crippen LogP contribution in [0.4, 0.5) is 5.95 Å². The minimum Gasteiger partial charge on any atom is -0.481 e. The first-order valence-electron chi connectivity index (χ1n) is 6.44. The van der Waals surface area contributed by atoms with Gasteiger partial charge in [-0.2, -0.15) is 4.98 Å². The number of anilines is 1. The Balaban J connectivity index is 2.17. The molecule has 0 saturated heterocycles. The van der Waals surface area contributed by atoms with Gasteiger partial charge < -0.3 is 15.0 Å². The Hall–Kier alpha value is -1.36. The van der Waals surface area contributed by atoms with Crippen LogP contribution >= 0.6 is 0 Å². The maximum absolute atomic E-state index is 5.04. The van der Waals surface area contributed by atoms with E-state index in [9.17, 15) is 0 Å². The predicted molar refractivity (Wildman–Crippen MR) is 74.1 cm³/mol. The molecule has 5 heteroatoms. The Labute approximate surface area is 110 Å². The summed E-state index contributed by atoms with van der Waals surface area (Å²) < 4.78 is 5.04. The maximum atomic E-state index is 5.04. The Morgan fingerprint density at radius 2 is 2.17 bits per heavy atom. The molecule has 0 unspecified atom stereocenters. The molecule has 18 heavy (non-hydrogen) atoms. The van der Waals surface area contributed by atoms with E-state index < -0.39 is 0 Å². The normalized spacial score (nSPS) is 11.0. The lowest BCUT2D eigenvalue weighted by Crippen LogP contribution is -2.27. The van der Waals surface area contributed by atoms with E-state index >= 15 is 0 Å². The topological polar surface area (TPSA) is 50.3 Å². The summed E-state index contributed by atoms with van der Waals surface area (Å²) in [5.74, 6) is 1.22. The summed E-state index contributed by atoms with van der Waals surface area (Å²) in [6, 6.07) is 2.35. The van der Waals surface area contributed by atoms with Gasteiger partial charge in [0, 0.05) is 24.8 Å². The van der Waals surface area contributed by atoms with Gasteiger partial charge >= 0.3 is 0 Å². The van der Waals surface area contributed by atoms with Crippen molar-refractivity contribution in [2.24, 2.45) is 0 Å². The van der Waals surface area contributed by atoms with Crippen molar-refractivity contribution < 1.29 is 4.74 Å². The molecule has 0 radical (unpaired) electrons. The van der Waals surface area contributed by atoms with E-state index in [4.69, 9.17) is 4.74 Å². The van der Waals surface area contributed by atoms with Crippen LogP contribution in [-0.2, 0) is 0 Å². The quantitative estimate of drug-likeness (QED) is 0.717. The molecule has 0 saturated carbocycles. The first kappa shape index (κ1) is 14.7. The third-order valence-electron chi connectivity index (χ3n) is 2.94. The minimum atomic E-state index is 0.590. The molecule has 1 heterocycles. The number of rotatable bonds is 8. The van der Waals surface area contributed by atoms with E-state index in [1.165, 1.54) is 6.42 Å². The zero-order valence-electron chi connectivity index (χ0n) is 11.8. The number of methoxy groups -OCH3 is 1. The lowest BCUT2D eigenvalue weighted by atomic mass is 10.2. The van der Waals surface area contributed by atoms with Crippen LogP contribution in [-0.4, -0.2) is 48.2 Å². The fraction of sp³-hybridized carbons (Fsp3) is 0.692. The molecule has 0 spiro atoms. The molecule has 0 aliphatic rings. The van der Waals surface area contributed by atoms with Crippen molar-refractivity contribution in [2.75, 3.05) is 32.6 Å². The standard InChI is InChI=1S/C13H24N4O/c1-11(2)17(3)10-6-5-8-14-13-15-9-7-12(16-13)18-4/h7,9,11H,5-6,8,10H2,1-4H3,(H,14,15,16). The highest BCUT2D eigenvalue weighted by Gasteiger charge is 2.02. The summed E-state index contributed by atoms with van der Waals surface area (Å²) in [7, 11) is 3.76. The summed E-state index contributed by atoms with van der Waals surface area (Å²) in [6.45, 7) is 6.43. The summed E-state index contributed by atoms with van der Waals surface area (Å²) in [5.41, 5.74) is 0. The number of ether oxygens (including phenoxy) is 1. The molecule has 0 atom stereocenters. The zero-order valence-corrected chi connectivity index (χ0v) is 11.8. The number of hydrogen-bond acceptors (Lipinski definition) is 5. The number of nitrogens with one attached hydrogen (secondary N) is 1. The van der Waals surface area contributed by atoms with Gasteiger partial charge in [-0.25, -0.2) is 4.98 Å².